The molecule has 0 fully saturated rings. The molecule has 2 aliphatic rings. The second-order valence-electron chi connectivity index (χ2n) is 9.66. The third-order valence-electron chi connectivity index (χ3n) is 6.99. The highest BCUT2D eigenvalue weighted by atomic mass is 79.9. The molecular formula is C33H35BrO8. The number of benzene rings is 3. The number of carbonyl (C=O) groups excluding carboxylic acids is 1. The van der Waals surface area contributed by atoms with E-state index in [0.29, 0.717) is 53.6 Å². The number of ether oxygens (including phenoxy) is 5. The number of hydrogen-bond donors (Lipinski definition) is 2. The van der Waals surface area contributed by atoms with E-state index in [1.165, 1.54) is 17.0 Å². The molecule has 0 unspecified atom stereocenters. The first-order valence-electron chi connectivity index (χ1n) is 13.5. The molecular weight excluding hydrogens is 604 g/mol. The minimum Gasteiger partial charge on any atom is -0.497 e. The molecule has 3 aromatic rings. The number of allylic oxidation sites excluding steroid dienone is 1. The maximum Gasteiger partial charge on any atom is 0.308 e. The molecule has 42 heavy (non-hydrogen) atoms. The third kappa shape index (κ3) is 7.15. The van der Waals surface area contributed by atoms with Crippen molar-refractivity contribution in [2.75, 3.05) is 27.4 Å². The molecule has 0 saturated carbocycles. The van der Waals surface area contributed by atoms with Crippen LogP contribution < -0.4 is 18.9 Å². The van der Waals surface area contributed by atoms with Gasteiger partial charge in [0.25, 0.3) is 0 Å². The molecule has 2 aliphatic heterocycles. The van der Waals surface area contributed by atoms with Crippen molar-refractivity contribution in [3.05, 3.63) is 86.9 Å². The van der Waals surface area contributed by atoms with E-state index in [0.717, 1.165) is 34.6 Å². The van der Waals surface area contributed by atoms with Gasteiger partial charge in [0.1, 0.15) is 28.8 Å². The fraction of sp³-hybridized carbons (Fsp3) is 0.303. The Bertz CT molecular complexity index is 1510. The maximum absolute atomic E-state index is 11.8. The van der Waals surface area contributed by atoms with E-state index in [-0.39, 0.29) is 13.2 Å². The number of rotatable bonds is 6. The average molecular weight is 640 g/mol. The molecule has 0 amide bonds. The minimum atomic E-state index is -0.449. The van der Waals surface area contributed by atoms with Gasteiger partial charge < -0.3 is 33.9 Å². The first kappa shape index (κ1) is 31.2. The second kappa shape index (κ2) is 14.4. The summed E-state index contributed by atoms with van der Waals surface area (Å²) in [5, 5.41) is 19.2. The fourth-order valence-corrected chi connectivity index (χ4v) is 5.15. The van der Waals surface area contributed by atoms with Gasteiger partial charge in [-0.3, -0.25) is 4.79 Å². The Morgan fingerprint density at radius 2 is 1.48 bits per heavy atom. The lowest BCUT2D eigenvalue weighted by Gasteiger charge is -2.17. The Balaban J connectivity index is 0.000000227. The Hall–Kier alpha value is -3.79. The number of methoxy groups -OCH3 is 2. The number of aliphatic hydroxyl groups is 2. The van der Waals surface area contributed by atoms with Crippen LogP contribution in [0.15, 0.2) is 59.1 Å². The molecule has 9 heteroatoms. The molecule has 0 spiro atoms. The van der Waals surface area contributed by atoms with Gasteiger partial charge in [0.05, 0.1) is 46.2 Å². The standard InChI is InChI=1S/C21H22O6.C12H13BrO2/c1-13(24)27-21-17(19-10-16(25-2)5-4-15(19)12-23)7-8-26-20-9-14(11-22)3-6-18(20)21;1-8-10-4-3-9(14-2)7-12(10)15-6-5-11(8)13/h3-6,9-10,22-23H,7-8,11-12H2,1-2H3;3-4,7H,5-6H2,1-2H3. The zero-order valence-corrected chi connectivity index (χ0v) is 25.7. The number of aliphatic hydroxyl groups excluding tert-OH is 2. The van der Waals surface area contributed by atoms with Gasteiger partial charge in [0.2, 0.25) is 0 Å². The van der Waals surface area contributed by atoms with E-state index in [1.54, 1.807) is 44.6 Å². The minimum absolute atomic E-state index is 0.110. The van der Waals surface area contributed by atoms with Crippen LogP contribution in [0.4, 0.5) is 0 Å². The highest BCUT2D eigenvalue weighted by Gasteiger charge is 2.24. The summed E-state index contributed by atoms with van der Waals surface area (Å²) in [4.78, 5) is 11.8. The van der Waals surface area contributed by atoms with Crippen LogP contribution in [0.25, 0.3) is 16.9 Å². The van der Waals surface area contributed by atoms with E-state index >= 15 is 0 Å². The number of hydrogen-bond acceptors (Lipinski definition) is 8. The first-order chi connectivity index (χ1) is 20.3. The van der Waals surface area contributed by atoms with Crippen molar-refractivity contribution in [1.29, 1.82) is 0 Å². The smallest absolute Gasteiger partial charge is 0.308 e. The van der Waals surface area contributed by atoms with Gasteiger partial charge in [-0.05, 0) is 65.6 Å². The van der Waals surface area contributed by atoms with Crippen LogP contribution >= 0.6 is 15.9 Å². The highest BCUT2D eigenvalue weighted by molar-refractivity contribution is 9.11. The predicted octanol–water partition coefficient (Wildman–Crippen LogP) is 6.50. The van der Waals surface area contributed by atoms with Crippen molar-refractivity contribution >= 4 is 38.8 Å². The van der Waals surface area contributed by atoms with Crippen LogP contribution in [0.1, 0.15) is 54.5 Å². The van der Waals surface area contributed by atoms with Crippen molar-refractivity contribution in [1.82, 2.24) is 0 Å². The van der Waals surface area contributed by atoms with Crippen molar-refractivity contribution < 1.29 is 38.7 Å². The molecule has 0 atom stereocenters. The molecule has 0 radical (unpaired) electrons. The maximum atomic E-state index is 11.8. The van der Waals surface area contributed by atoms with Crippen LogP contribution in [0.5, 0.6) is 23.0 Å². The lowest BCUT2D eigenvalue weighted by atomic mass is 9.94. The molecule has 8 nitrogen and oxygen atoms in total. The van der Waals surface area contributed by atoms with Crippen LogP contribution in [0.3, 0.4) is 0 Å². The van der Waals surface area contributed by atoms with E-state index in [2.05, 4.69) is 22.9 Å². The van der Waals surface area contributed by atoms with Crippen molar-refractivity contribution in [2.24, 2.45) is 0 Å². The Kier molecular flexibility index (Phi) is 10.7. The third-order valence-corrected chi connectivity index (χ3v) is 7.99. The predicted molar refractivity (Wildman–Crippen MR) is 165 cm³/mol. The molecule has 0 saturated heterocycles. The SMILES string of the molecule is COc1ccc(CO)c(C2=C(OC(C)=O)c3ccc(CO)cc3OCC2)c1.COc1ccc2c(c1)OCCC(Br)=C2C. The zero-order valence-electron chi connectivity index (χ0n) is 24.2. The van der Waals surface area contributed by atoms with Crippen molar-refractivity contribution in [3.63, 3.8) is 0 Å². The summed E-state index contributed by atoms with van der Waals surface area (Å²) >= 11 is 3.58. The number of esters is 1. The van der Waals surface area contributed by atoms with E-state index < -0.39 is 5.97 Å². The summed E-state index contributed by atoms with van der Waals surface area (Å²) in [6, 6.07) is 16.6. The van der Waals surface area contributed by atoms with Crippen molar-refractivity contribution in [3.8, 4) is 23.0 Å². The van der Waals surface area contributed by atoms with Gasteiger partial charge in [-0.2, -0.15) is 0 Å². The van der Waals surface area contributed by atoms with Crippen molar-refractivity contribution in [2.45, 2.75) is 39.9 Å². The summed E-state index contributed by atoms with van der Waals surface area (Å²) in [5.74, 6) is 2.86. The van der Waals surface area contributed by atoms with Crippen LogP contribution in [-0.4, -0.2) is 43.6 Å². The molecule has 3 aromatic carbocycles. The molecule has 5 rings (SSSR count). The summed E-state index contributed by atoms with van der Waals surface area (Å²) in [6.07, 6.45) is 1.40. The number of halogens is 1. The van der Waals surface area contributed by atoms with Gasteiger partial charge in [-0.1, -0.05) is 28.1 Å². The Labute approximate surface area is 254 Å². The first-order valence-corrected chi connectivity index (χ1v) is 14.3. The van der Waals surface area contributed by atoms with Gasteiger partial charge >= 0.3 is 5.97 Å². The molecule has 222 valence electrons. The Morgan fingerprint density at radius 1 is 0.833 bits per heavy atom. The highest BCUT2D eigenvalue weighted by Crippen LogP contribution is 2.40. The van der Waals surface area contributed by atoms with Gasteiger partial charge in [-0.25, -0.2) is 0 Å². The molecule has 0 aliphatic carbocycles. The normalized spacial score (nSPS) is 14.2. The quantitative estimate of drug-likeness (QED) is 0.295. The summed E-state index contributed by atoms with van der Waals surface area (Å²) in [5.41, 5.74) is 5.91. The molecule has 2 heterocycles. The Morgan fingerprint density at radius 3 is 2.14 bits per heavy atom. The number of carbonyl (C=O) groups is 1. The van der Waals surface area contributed by atoms with Gasteiger partial charge in [-0.15, -0.1) is 0 Å². The summed E-state index contributed by atoms with van der Waals surface area (Å²) in [7, 11) is 3.23. The number of fused-ring (bicyclic) bond motifs is 2. The fourth-order valence-electron chi connectivity index (χ4n) is 4.77. The largest absolute Gasteiger partial charge is 0.497 e. The monoisotopic (exact) mass is 638 g/mol. The summed E-state index contributed by atoms with van der Waals surface area (Å²) in [6.45, 7) is 4.25. The van der Waals surface area contributed by atoms with Crippen LogP contribution in [-0.2, 0) is 22.7 Å². The lowest BCUT2D eigenvalue weighted by molar-refractivity contribution is -0.134. The van der Waals surface area contributed by atoms with E-state index in [1.807, 2.05) is 24.3 Å². The van der Waals surface area contributed by atoms with Crippen LogP contribution in [0.2, 0.25) is 0 Å². The van der Waals surface area contributed by atoms with Gasteiger partial charge in [0.15, 0.2) is 0 Å². The molecule has 0 aromatic heterocycles. The topological polar surface area (TPSA) is 104 Å². The van der Waals surface area contributed by atoms with Crippen LogP contribution in [0, 0.1) is 0 Å². The molecule has 2 N–H and O–H groups in total. The lowest BCUT2D eigenvalue weighted by Crippen LogP contribution is -2.04. The van der Waals surface area contributed by atoms with Gasteiger partial charge in [0, 0.05) is 41.5 Å². The molecule has 0 bridgehead atoms. The second-order valence-corrected chi connectivity index (χ2v) is 10.6. The zero-order chi connectivity index (χ0) is 30.2. The van der Waals surface area contributed by atoms with E-state index in [4.69, 9.17) is 23.7 Å². The summed E-state index contributed by atoms with van der Waals surface area (Å²) < 4.78 is 28.8. The average Bonchev–Trinajstić information content (AvgIpc) is 3.27. The van der Waals surface area contributed by atoms with E-state index in [9.17, 15) is 15.0 Å².